The predicted molar refractivity (Wildman–Crippen MR) is 54.1 cm³/mol. The Bertz CT molecular complexity index is 605. The molecule has 0 spiro atoms. The lowest BCUT2D eigenvalue weighted by Gasteiger charge is -2.01. The molecule has 82 valence electrons. The number of aromatic nitrogens is 2. The number of hydrogen-bond acceptors (Lipinski definition) is 3. The van der Waals surface area contributed by atoms with Gasteiger partial charge in [0.25, 0.3) is 0 Å². The van der Waals surface area contributed by atoms with Crippen molar-refractivity contribution in [2.45, 2.75) is 0 Å². The number of halogens is 1. The van der Waals surface area contributed by atoms with E-state index in [9.17, 15) is 9.59 Å². The maximum Gasteiger partial charge on any atom is 0.356 e. The number of carboxylic acid groups (broad SMARTS) is 2. The normalized spacial score (nSPS) is 10.6. The average molecular weight is 241 g/mol. The molecular formula is C9H5ClN2O4. The molecule has 2 heterocycles. The van der Waals surface area contributed by atoms with Gasteiger partial charge in [0, 0.05) is 6.20 Å². The van der Waals surface area contributed by atoms with Gasteiger partial charge < -0.3 is 10.2 Å². The minimum absolute atomic E-state index is 0.0225. The maximum absolute atomic E-state index is 10.9. The largest absolute Gasteiger partial charge is 0.477 e. The number of pyridine rings is 1. The van der Waals surface area contributed by atoms with Crippen molar-refractivity contribution in [2.75, 3.05) is 0 Å². The lowest BCUT2D eigenvalue weighted by Crippen LogP contribution is -2.05. The summed E-state index contributed by atoms with van der Waals surface area (Å²) in [5.74, 6) is -2.47. The van der Waals surface area contributed by atoms with E-state index in [1.807, 2.05) is 0 Å². The summed E-state index contributed by atoms with van der Waals surface area (Å²) in [7, 11) is 0. The van der Waals surface area contributed by atoms with E-state index in [1.165, 1.54) is 12.1 Å². The van der Waals surface area contributed by atoms with E-state index in [4.69, 9.17) is 21.8 Å². The number of aromatic carboxylic acids is 2. The van der Waals surface area contributed by atoms with Gasteiger partial charge in [-0.25, -0.2) is 14.6 Å². The number of nitrogens with zero attached hydrogens (tertiary/aromatic N) is 2. The Balaban J connectivity index is 2.82. The molecule has 0 atom stereocenters. The van der Waals surface area contributed by atoms with Crippen molar-refractivity contribution >= 4 is 29.2 Å². The third-order valence-corrected chi connectivity index (χ3v) is 2.31. The smallest absolute Gasteiger partial charge is 0.356 e. The van der Waals surface area contributed by atoms with Crippen molar-refractivity contribution < 1.29 is 19.8 Å². The first-order chi connectivity index (χ1) is 7.50. The minimum Gasteiger partial charge on any atom is -0.477 e. The fourth-order valence-corrected chi connectivity index (χ4v) is 1.58. The Morgan fingerprint density at radius 2 is 1.94 bits per heavy atom. The van der Waals surface area contributed by atoms with Crippen LogP contribution < -0.4 is 0 Å². The van der Waals surface area contributed by atoms with Crippen molar-refractivity contribution in [1.82, 2.24) is 9.38 Å². The van der Waals surface area contributed by atoms with Crippen LogP contribution >= 0.6 is 11.6 Å². The van der Waals surface area contributed by atoms with Crippen LogP contribution in [0.5, 0.6) is 0 Å². The van der Waals surface area contributed by atoms with Crippen LogP contribution in [-0.4, -0.2) is 31.5 Å². The zero-order chi connectivity index (χ0) is 11.9. The monoisotopic (exact) mass is 240 g/mol. The highest BCUT2D eigenvalue weighted by Gasteiger charge is 2.17. The molecule has 7 heteroatoms. The summed E-state index contributed by atoms with van der Waals surface area (Å²) >= 11 is 5.71. The fourth-order valence-electron chi connectivity index (χ4n) is 1.34. The van der Waals surface area contributed by atoms with Crippen molar-refractivity contribution in [1.29, 1.82) is 0 Å². The number of carbonyl (C=O) groups is 2. The first-order valence-corrected chi connectivity index (χ1v) is 4.52. The molecule has 0 aliphatic rings. The second-order valence-corrected chi connectivity index (χ2v) is 3.40. The second kappa shape index (κ2) is 3.49. The number of imidazole rings is 1. The summed E-state index contributed by atoms with van der Waals surface area (Å²) in [6, 6.07) is 2.81. The van der Waals surface area contributed by atoms with Crippen LogP contribution in [0.2, 0.25) is 5.02 Å². The Morgan fingerprint density at radius 3 is 2.50 bits per heavy atom. The Morgan fingerprint density at radius 1 is 1.25 bits per heavy atom. The molecule has 0 saturated carbocycles. The minimum atomic E-state index is -1.25. The molecule has 0 unspecified atom stereocenters. The van der Waals surface area contributed by atoms with Gasteiger partial charge in [-0.15, -0.1) is 0 Å². The van der Waals surface area contributed by atoms with Crippen molar-refractivity contribution in [3.8, 4) is 0 Å². The van der Waals surface area contributed by atoms with Crippen molar-refractivity contribution in [3.05, 3.63) is 34.7 Å². The molecule has 0 aromatic carbocycles. The number of carboxylic acids is 2. The molecule has 0 radical (unpaired) electrons. The molecule has 2 aromatic heterocycles. The molecule has 0 aliphatic carbocycles. The Labute approximate surface area is 93.7 Å². The number of fused-ring (bicyclic) bond motifs is 1. The van der Waals surface area contributed by atoms with Gasteiger partial charge in [-0.05, 0) is 12.1 Å². The molecule has 16 heavy (non-hydrogen) atoms. The van der Waals surface area contributed by atoms with Crippen LogP contribution in [-0.2, 0) is 0 Å². The van der Waals surface area contributed by atoms with Crippen LogP contribution in [0.15, 0.2) is 18.3 Å². The zero-order valence-corrected chi connectivity index (χ0v) is 8.47. The van der Waals surface area contributed by atoms with E-state index in [0.29, 0.717) is 0 Å². The molecule has 0 aliphatic heterocycles. The average Bonchev–Trinajstić information content (AvgIpc) is 2.60. The standard InChI is InChI=1S/C9H5ClN2O4/c10-4-1-2-6-11-5(8(13)14)3-12(6)7(4)9(15)16/h1-3H,(H,13,14)(H,15,16). The highest BCUT2D eigenvalue weighted by atomic mass is 35.5. The van der Waals surface area contributed by atoms with E-state index in [1.54, 1.807) is 0 Å². The van der Waals surface area contributed by atoms with Crippen molar-refractivity contribution in [2.24, 2.45) is 0 Å². The molecule has 2 N–H and O–H groups in total. The van der Waals surface area contributed by atoms with E-state index in [0.717, 1.165) is 10.6 Å². The van der Waals surface area contributed by atoms with E-state index in [2.05, 4.69) is 4.98 Å². The van der Waals surface area contributed by atoms with Gasteiger partial charge in [0.05, 0.1) is 5.02 Å². The summed E-state index contributed by atoms with van der Waals surface area (Å²) in [6.07, 6.45) is 1.12. The summed E-state index contributed by atoms with van der Waals surface area (Å²) in [6.45, 7) is 0. The molecule has 0 bridgehead atoms. The lowest BCUT2D eigenvalue weighted by molar-refractivity contribution is 0.0676. The van der Waals surface area contributed by atoms with Crippen LogP contribution in [0.4, 0.5) is 0 Å². The van der Waals surface area contributed by atoms with Crippen molar-refractivity contribution in [3.63, 3.8) is 0 Å². The van der Waals surface area contributed by atoms with Crippen LogP contribution in [0.3, 0.4) is 0 Å². The Kier molecular flexibility index (Phi) is 2.28. The van der Waals surface area contributed by atoms with Gasteiger partial charge >= 0.3 is 11.9 Å². The first kappa shape index (κ1) is 10.4. The molecule has 2 aromatic rings. The summed E-state index contributed by atoms with van der Waals surface area (Å²) < 4.78 is 1.13. The summed E-state index contributed by atoms with van der Waals surface area (Å²) in [5.41, 5.74) is -0.219. The third kappa shape index (κ3) is 1.49. The molecule has 0 amide bonds. The molecule has 0 fully saturated rings. The van der Waals surface area contributed by atoms with E-state index >= 15 is 0 Å². The topological polar surface area (TPSA) is 91.9 Å². The van der Waals surface area contributed by atoms with Crippen LogP contribution in [0, 0.1) is 0 Å². The lowest BCUT2D eigenvalue weighted by atomic mass is 10.3. The Hall–Kier alpha value is -2.08. The SMILES string of the molecule is O=C(O)c1cn2c(C(=O)O)c(Cl)ccc2n1. The third-order valence-electron chi connectivity index (χ3n) is 2.00. The quantitative estimate of drug-likeness (QED) is 0.827. The fraction of sp³-hybridized carbons (Fsp3) is 0. The summed E-state index contributed by atoms with van der Waals surface area (Å²) in [5, 5.41) is 17.7. The summed E-state index contributed by atoms with van der Waals surface area (Å²) in [4.78, 5) is 25.4. The molecule has 2 rings (SSSR count). The first-order valence-electron chi connectivity index (χ1n) is 4.15. The van der Waals surface area contributed by atoms with E-state index < -0.39 is 11.9 Å². The molecular weight excluding hydrogens is 236 g/mol. The number of hydrogen-bond donors (Lipinski definition) is 2. The zero-order valence-electron chi connectivity index (χ0n) is 7.72. The number of rotatable bonds is 2. The van der Waals surface area contributed by atoms with Crippen LogP contribution in [0.1, 0.15) is 21.0 Å². The second-order valence-electron chi connectivity index (χ2n) is 2.99. The molecule has 0 saturated heterocycles. The van der Waals surface area contributed by atoms with Gasteiger partial charge in [-0.1, -0.05) is 11.6 Å². The highest BCUT2D eigenvalue weighted by molar-refractivity contribution is 6.33. The van der Waals surface area contributed by atoms with Gasteiger partial charge in [0.15, 0.2) is 11.4 Å². The van der Waals surface area contributed by atoms with Gasteiger partial charge in [-0.3, -0.25) is 4.40 Å². The van der Waals surface area contributed by atoms with Gasteiger partial charge in [0.1, 0.15) is 5.65 Å². The van der Waals surface area contributed by atoms with Gasteiger partial charge in [-0.2, -0.15) is 0 Å². The molecule has 6 nitrogen and oxygen atoms in total. The van der Waals surface area contributed by atoms with Crippen LogP contribution in [0.25, 0.3) is 5.65 Å². The van der Waals surface area contributed by atoms with Gasteiger partial charge in [0.2, 0.25) is 0 Å². The maximum atomic E-state index is 10.9. The highest BCUT2D eigenvalue weighted by Crippen LogP contribution is 2.18. The predicted octanol–water partition coefficient (Wildman–Crippen LogP) is 1.38. The van der Waals surface area contributed by atoms with E-state index in [-0.39, 0.29) is 22.1 Å².